The van der Waals surface area contributed by atoms with Gasteiger partial charge in [0.25, 0.3) is 5.91 Å². The van der Waals surface area contributed by atoms with Gasteiger partial charge in [0.1, 0.15) is 5.69 Å². The van der Waals surface area contributed by atoms with Crippen LogP contribution in [0.25, 0.3) is 0 Å². The molecule has 2 fully saturated rings. The first-order valence-corrected chi connectivity index (χ1v) is 9.59. The summed E-state index contributed by atoms with van der Waals surface area (Å²) in [6.45, 7) is 4.28. The van der Waals surface area contributed by atoms with E-state index in [4.69, 9.17) is 14.0 Å². The maximum atomic E-state index is 12.4. The Balaban J connectivity index is 1.19. The highest BCUT2D eigenvalue weighted by molar-refractivity contribution is 5.93. The molecule has 4 heterocycles. The van der Waals surface area contributed by atoms with Crippen molar-refractivity contribution in [3.8, 4) is 0 Å². The van der Waals surface area contributed by atoms with Crippen molar-refractivity contribution in [2.24, 2.45) is 13.0 Å². The quantitative estimate of drug-likeness (QED) is 0.685. The average Bonchev–Trinajstić information content (AvgIpc) is 3.27. The van der Waals surface area contributed by atoms with Crippen LogP contribution in [-0.2, 0) is 22.9 Å². The SMILES string of the molecule is Cn1cccc1C(=O)N1CC(c2nc(CCOCC3CCOCC3)no2)C1. The number of carbonyl (C=O) groups is 1. The topological polar surface area (TPSA) is 82.6 Å². The number of carbonyl (C=O) groups excluding carboxylic acids is 1. The van der Waals surface area contributed by atoms with Crippen LogP contribution in [0.2, 0.25) is 0 Å². The third kappa shape index (κ3) is 4.22. The van der Waals surface area contributed by atoms with Crippen molar-refractivity contribution in [2.75, 3.05) is 39.5 Å². The second kappa shape index (κ2) is 8.22. The standard InChI is InChI=1S/C19H26N4O4/c1-22-7-2-3-16(22)19(24)23-11-15(12-23)18-20-17(21-27-18)6-10-26-13-14-4-8-25-9-5-14/h2-3,7,14-15H,4-6,8-13H2,1H3. The Labute approximate surface area is 158 Å². The predicted octanol–water partition coefficient (Wildman–Crippen LogP) is 1.63. The molecule has 4 rings (SSSR count). The Kier molecular flexibility index (Phi) is 5.54. The lowest BCUT2D eigenvalue weighted by molar-refractivity contribution is 0.0211. The first-order chi connectivity index (χ1) is 13.2. The fourth-order valence-corrected chi connectivity index (χ4v) is 3.51. The zero-order chi connectivity index (χ0) is 18.6. The van der Waals surface area contributed by atoms with Gasteiger partial charge < -0.3 is 23.5 Å². The number of ether oxygens (including phenoxy) is 2. The first-order valence-electron chi connectivity index (χ1n) is 9.59. The molecule has 1 amide bonds. The summed E-state index contributed by atoms with van der Waals surface area (Å²) in [5, 5.41) is 4.04. The highest BCUT2D eigenvalue weighted by atomic mass is 16.5. The third-order valence-electron chi connectivity index (χ3n) is 5.33. The van der Waals surface area contributed by atoms with E-state index in [9.17, 15) is 4.79 Å². The zero-order valence-electron chi connectivity index (χ0n) is 15.7. The molecule has 2 aromatic heterocycles. The molecule has 0 saturated carbocycles. The number of nitrogens with zero attached hydrogens (tertiary/aromatic N) is 4. The fraction of sp³-hybridized carbons (Fsp3) is 0.632. The van der Waals surface area contributed by atoms with E-state index >= 15 is 0 Å². The second-order valence-corrected chi connectivity index (χ2v) is 7.34. The smallest absolute Gasteiger partial charge is 0.270 e. The summed E-state index contributed by atoms with van der Waals surface area (Å²) in [7, 11) is 1.87. The van der Waals surface area contributed by atoms with Gasteiger partial charge in [-0.05, 0) is 30.9 Å². The maximum Gasteiger partial charge on any atom is 0.270 e. The highest BCUT2D eigenvalue weighted by Gasteiger charge is 2.36. The van der Waals surface area contributed by atoms with Crippen molar-refractivity contribution in [3.05, 3.63) is 35.7 Å². The molecule has 8 nitrogen and oxygen atoms in total. The van der Waals surface area contributed by atoms with Crippen molar-refractivity contribution < 1.29 is 18.8 Å². The van der Waals surface area contributed by atoms with Gasteiger partial charge in [-0.2, -0.15) is 4.98 Å². The number of likely N-dealkylation sites (tertiary alicyclic amines) is 1. The molecule has 27 heavy (non-hydrogen) atoms. The fourth-order valence-electron chi connectivity index (χ4n) is 3.51. The minimum absolute atomic E-state index is 0.0417. The molecule has 0 radical (unpaired) electrons. The van der Waals surface area contributed by atoms with Gasteiger partial charge in [-0.3, -0.25) is 4.79 Å². The first kappa shape index (κ1) is 18.2. The molecule has 8 heteroatoms. The molecular weight excluding hydrogens is 348 g/mol. The van der Waals surface area contributed by atoms with E-state index in [0.29, 0.717) is 49.4 Å². The van der Waals surface area contributed by atoms with Crippen molar-refractivity contribution >= 4 is 5.91 Å². The van der Waals surface area contributed by atoms with Crippen LogP contribution >= 0.6 is 0 Å². The van der Waals surface area contributed by atoms with Gasteiger partial charge >= 0.3 is 0 Å². The number of amides is 1. The van der Waals surface area contributed by atoms with Crippen molar-refractivity contribution in [1.82, 2.24) is 19.6 Å². The summed E-state index contributed by atoms with van der Waals surface area (Å²) in [6, 6.07) is 3.71. The lowest BCUT2D eigenvalue weighted by atomic mass is 9.99. The molecule has 0 atom stereocenters. The normalized spacial score (nSPS) is 18.6. The molecule has 0 aromatic carbocycles. The van der Waals surface area contributed by atoms with Crippen LogP contribution in [0.1, 0.15) is 41.0 Å². The third-order valence-corrected chi connectivity index (χ3v) is 5.33. The molecule has 2 saturated heterocycles. The van der Waals surface area contributed by atoms with Crippen LogP contribution in [0.15, 0.2) is 22.9 Å². The summed E-state index contributed by atoms with van der Waals surface area (Å²) in [6.07, 6.45) is 4.67. The van der Waals surface area contributed by atoms with Crippen LogP contribution < -0.4 is 0 Å². The molecule has 2 aliphatic rings. The van der Waals surface area contributed by atoms with E-state index in [-0.39, 0.29) is 11.8 Å². The number of aryl methyl sites for hydroxylation is 1. The molecular formula is C19H26N4O4. The number of rotatable bonds is 7. The van der Waals surface area contributed by atoms with E-state index in [0.717, 1.165) is 32.7 Å². The van der Waals surface area contributed by atoms with Crippen molar-refractivity contribution in [1.29, 1.82) is 0 Å². The maximum absolute atomic E-state index is 12.4. The van der Waals surface area contributed by atoms with Crippen molar-refractivity contribution in [3.63, 3.8) is 0 Å². The summed E-state index contributed by atoms with van der Waals surface area (Å²) in [5.41, 5.74) is 0.696. The minimum atomic E-state index is 0.0417. The van der Waals surface area contributed by atoms with Crippen LogP contribution in [0, 0.1) is 5.92 Å². The van der Waals surface area contributed by atoms with Crippen LogP contribution in [0.3, 0.4) is 0 Å². The average molecular weight is 374 g/mol. The monoisotopic (exact) mass is 374 g/mol. The largest absolute Gasteiger partial charge is 0.381 e. The molecule has 2 aromatic rings. The van der Waals surface area contributed by atoms with Gasteiger partial charge in [0, 0.05) is 52.6 Å². The van der Waals surface area contributed by atoms with E-state index < -0.39 is 0 Å². The molecule has 146 valence electrons. The lowest BCUT2D eigenvalue weighted by Crippen LogP contribution is -2.49. The minimum Gasteiger partial charge on any atom is -0.381 e. The number of hydrogen-bond donors (Lipinski definition) is 0. The van der Waals surface area contributed by atoms with Crippen LogP contribution in [0.5, 0.6) is 0 Å². The van der Waals surface area contributed by atoms with Gasteiger partial charge in [-0.15, -0.1) is 0 Å². The van der Waals surface area contributed by atoms with Gasteiger partial charge in [-0.25, -0.2) is 0 Å². The Morgan fingerprint density at radius 1 is 1.33 bits per heavy atom. The zero-order valence-corrected chi connectivity index (χ0v) is 15.7. The Morgan fingerprint density at radius 3 is 2.89 bits per heavy atom. The van der Waals surface area contributed by atoms with Crippen LogP contribution in [-0.4, -0.2) is 65.0 Å². The summed E-state index contributed by atoms with van der Waals surface area (Å²) in [4.78, 5) is 18.7. The Bertz CT molecular complexity index is 759. The van der Waals surface area contributed by atoms with Gasteiger partial charge in [0.2, 0.25) is 5.89 Å². The highest BCUT2D eigenvalue weighted by Crippen LogP contribution is 2.27. The van der Waals surface area contributed by atoms with Crippen molar-refractivity contribution in [2.45, 2.75) is 25.2 Å². The van der Waals surface area contributed by atoms with E-state index in [1.807, 2.05) is 29.9 Å². The second-order valence-electron chi connectivity index (χ2n) is 7.34. The molecule has 0 bridgehead atoms. The summed E-state index contributed by atoms with van der Waals surface area (Å²) < 4.78 is 18.3. The molecule has 0 aliphatic carbocycles. The van der Waals surface area contributed by atoms with E-state index in [1.165, 1.54) is 0 Å². The molecule has 2 aliphatic heterocycles. The predicted molar refractivity (Wildman–Crippen MR) is 96.4 cm³/mol. The van der Waals surface area contributed by atoms with E-state index in [2.05, 4.69) is 10.1 Å². The number of aromatic nitrogens is 3. The lowest BCUT2D eigenvalue weighted by Gasteiger charge is -2.37. The number of hydrogen-bond acceptors (Lipinski definition) is 6. The van der Waals surface area contributed by atoms with Gasteiger partial charge in [0.15, 0.2) is 5.82 Å². The molecule has 0 unspecified atom stereocenters. The summed E-state index contributed by atoms with van der Waals surface area (Å²) in [5.74, 6) is 2.05. The van der Waals surface area contributed by atoms with Gasteiger partial charge in [0.05, 0.1) is 12.5 Å². The van der Waals surface area contributed by atoms with Crippen LogP contribution in [0.4, 0.5) is 0 Å². The Morgan fingerprint density at radius 2 is 2.15 bits per heavy atom. The molecule has 0 N–H and O–H groups in total. The summed E-state index contributed by atoms with van der Waals surface area (Å²) >= 11 is 0. The Hall–Kier alpha value is -2.19. The van der Waals surface area contributed by atoms with E-state index in [1.54, 1.807) is 4.90 Å². The van der Waals surface area contributed by atoms with Gasteiger partial charge in [-0.1, -0.05) is 5.16 Å². The molecule has 0 spiro atoms.